The van der Waals surface area contributed by atoms with E-state index in [4.69, 9.17) is 14.2 Å². The van der Waals surface area contributed by atoms with E-state index in [0.29, 0.717) is 30.2 Å². The number of rotatable bonds is 10. The number of hydrogen-bond donors (Lipinski definition) is 2. The molecule has 0 heterocycles. The van der Waals surface area contributed by atoms with Gasteiger partial charge in [-0.25, -0.2) is 4.79 Å². The van der Waals surface area contributed by atoms with E-state index in [1.54, 1.807) is 38.3 Å². The number of amides is 2. The lowest BCUT2D eigenvalue weighted by molar-refractivity contribution is -0.121. The third kappa shape index (κ3) is 7.90. The van der Waals surface area contributed by atoms with Gasteiger partial charge in [-0.3, -0.25) is 9.59 Å². The van der Waals surface area contributed by atoms with Crippen molar-refractivity contribution in [1.29, 1.82) is 0 Å². The van der Waals surface area contributed by atoms with E-state index in [9.17, 15) is 14.4 Å². The molecule has 2 aromatic rings. The Bertz CT molecular complexity index is 835. The quantitative estimate of drug-likeness (QED) is 0.348. The summed E-state index contributed by atoms with van der Waals surface area (Å²) >= 11 is 0. The van der Waals surface area contributed by atoms with Crippen molar-refractivity contribution >= 4 is 29.3 Å². The first kappa shape index (κ1) is 22.9. The summed E-state index contributed by atoms with van der Waals surface area (Å²) in [5, 5.41) is 5.44. The normalized spacial score (nSPS) is 10.2. The van der Waals surface area contributed by atoms with E-state index in [1.807, 2.05) is 0 Å². The van der Waals surface area contributed by atoms with Crippen LogP contribution in [0.5, 0.6) is 5.75 Å². The number of ether oxygens (including phenoxy) is 4. The zero-order valence-corrected chi connectivity index (χ0v) is 16.8. The van der Waals surface area contributed by atoms with Crippen LogP contribution in [0.3, 0.4) is 0 Å². The molecule has 0 aromatic heterocycles. The highest BCUT2D eigenvalue weighted by Crippen LogP contribution is 2.17. The molecule has 9 nitrogen and oxygen atoms in total. The van der Waals surface area contributed by atoms with Crippen molar-refractivity contribution in [2.24, 2.45) is 0 Å². The van der Waals surface area contributed by atoms with Gasteiger partial charge in [-0.2, -0.15) is 0 Å². The van der Waals surface area contributed by atoms with E-state index >= 15 is 0 Å². The summed E-state index contributed by atoms with van der Waals surface area (Å²) in [4.78, 5) is 35.4. The number of carbonyl (C=O) groups is 3. The highest BCUT2D eigenvalue weighted by atomic mass is 16.7. The van der Waals surface area contributed by atoms with Crippen molar-refractivity contribution in [3.63, 3.8) is 0 Å². The predicted octanol–water partition coefficient (Wildman–Crippen LogP) is 3.08. The number of nitrogens with one attached hydrogen (secondary N) is 2. The molecule has 0 aliphatic rings. The Morgan fingerprint density at radius 2 is 1.50 bits per heavy atom. The second-order valence-electron chi connectivity index (χ2n) is 5.93. The van der Waals surface area contributed by atoms with Crippen LogP contribution >= 0.6 is 0 Å². The van der Waals surface area contributed by atoms with Gasteiger partial charge in [-0.1, -0.05) is 0 Å². The van der Waals surface area contributed by atoms with Crippen LogP contribution in [0, 0.1) is 0 Å². The van der Waals surface area contributed by atoms with Gasteiger partial charge in [0.25, 0.3) is 5.91 Å². The average molecular weight is 416 g/mol. The van der Waals surface area contributed by atoms with Gasteiger partial charge in [0.1, 0.15) is 12.4 Å². The molecule has 30 heavy (non-hydrogen) atoms. The first-order valence-corrected chi connectivity index (χ1v) is 9.24. The molecule has 0 bridgehead atoms. The molecule has 9 heteroatoms. The summed E-state index contributed by atoms with van der Waals surface area (Å²) in [6.07, 6.45) is -0.802. The van der Waals surface area contributed by atoms with Crippen LogP contribution in [0.4, 0.5) is 16.2 Å². The maximum atomic E-state index is 12.3. The lowest BCUT2D eigenvalue weighted by atomic mass is 10.2. The van der Waals surface area contributed by atoms with Crippen molar-refractivity contribution in [2.75, 3.05) is 44.2 Å². The Balaban J connectivity index is 1.84. The maximum Gasteiger partial charge on any atom is 0.513 e. The number of carbonyl (C=O) groups excluding carboxylic acids is 3. The highest BCUT2D eigenvalue weighted by molar-refractivity contribution is 6.04. The van der Waals surface area contributed by atoms with Crippen LogP contribution in [0.25, 0.3) is 0 Å². The lowest BCUT2D eigenvalue weighted by Crippen LogP contribution is -2.19. The standard InChI is InChI=1S/C21H24N2O7/c1-3-29-21(26)30-18-10-4-15(5-11-18)20(25)23-17-8-6-16(7-9-17)22-19(24)14-28-13-12-27-2/h4-11H,3,12-14H2,1-2H3,(H,22,24)(H,23,25). The van der Waals surface area contributed by atoms with Gasteiger partial charge < -0.3 is 29.6 Å². The second kappa shape index (κ2) is 12.2. The molecule has 0 spiro atoms. The maximum absolute atomic E-state index is 12.3. The zero-order chi connectivity index (χ0) is 21.8. The molecular formula is C21H24N2O7. The molecule has 2 amide bonds. The van der Waals surface area contributed by atoms with Crippen LogP contribution in [0.15, 0.2) is 48.5 Å². The van der Waals surface area contributed by atoms with Gasteiger partial charge in [-0.15, -0.1) is 0 Å². The molecule has 0 aliphatic carbocycles. The minimum Gasteiger partial charge on any atom is -0.434 e. The van der Waals surface area contributed by atoms with Crippen molar-refractivity contribution in [2.45, 2.75) is 6.92 Å². The molecule has 0 unspecified atom stereocenters. The van der Waals surface area contributed by atoms with E-state index in [2.05, 4.69) is 15.4 Å². The minimum atomic E-state index is -0.802. The van der Waals surface area contributed by atoms with Crippen LogP contribution in [-0.4, -0.2) is 51.5 Å². The zero-order valence-electron chi connectivity index (χ0n) is 16.8. The largest absolute Gasteiger partial charge is 0.513 e. The van der Waals surface area contributed by atoms with Gasteiger partial charge in [-0.05, 0) is 55.5 Å². The lowest BCUT2D eigenvalue weighted by Gasteiger charge is -2.09. The van der Waals surface area contributed by atoms with Crippen molar-refractivity contribution in [3.05, 3.63) is 54.1 Å². The third-order valence-electron chi connectivity index (χ3n) is 3.67. The van der Waals surface area contributed by atoms with Gasteiger partial charge in [0.05, 0.1) is 19.8 Å². The van der Waals surface area contributed by atoms with E-state index in [0.717, 1.165) is 0 Å². The number of methoxy groups -OCH3 is 1. The van der Waals surface area contributed by atoms with Gasteiger partial charge in [0.2, 0.25) is 5.91 Å². The number of hydrogen-bond acceptors (Lipinski definition) is 7. The minimum absolute atomic E-state index is 0.0717. The monoisotopic (exact) mass is 416 g/mol. The molecule has 160 valence electrons. The first-order valence-electron chi connectivity index (χ1n) is 9.24. The molecule has 0 atom stereocenters. The van der Waals surface area contributed by atoms with Crippen LogP contribution < -0.4 is 15.4 Å². The van der Waals surface area contributed by atoms with E-state index < -0.39 is 6.16 Å². The number of benzene rings is 2. The summed E-state index contributed by atoms with van der Waals surface area (Å²) in [6.45, 7) is 2.57. The molecule has 2 N–H and O–H groups in total. The highest BCUT2D eigenvalue weighted by Gasteiger charge is 2.09. The smallest absolute Gasteiger partial charge is 0.434 e. The molecule has 0 saturated carbocycles. The predicted molar refractivity (Wildman–Crippen MR) is 110 cm³/mol. The number of anilines is 2. The second-order valence-corrected chi connectivity index (χ2v) is 5.93. The van der Waals surface area contributed by atoms with E-state index in [-0.39, 0.29) is 30.8 Å². The van der Waals surface area contributed by atoms with Crippen LogP contribution in [0.1, 0.15) is 17.3 Å². The fourth-order valence-corrected chi connectivity index (χ4v) is 2.26. The first-order chi connectivity index (χ1) is 14.5. The van der Waals surface area contributed by atoms with Crippen LogP contribution in [0.2, 0.25) is 0 Å². The Kier molecular flexibility index (Phi) is 9.29. The van der Waals surface area contributed by atoms with Gasteiger partial charge in [0.15, 0.2) is 0 Å². The van der Waals surface area contributed by atoms with Crippen LogP contribution in [-0.2, 0) is 19.0 Å². The van der Waals surface area contributed by atoms with Crippen molar-refractivity contribution in [3.8, 4) is 5.75 Å². The Hall–Kier alpha value is -3.43. The Morgan fingerprint density at radius 3 is 2.10 bits per heavy atom. The molecule has 0 radical (unpaired) electrons. The summed E-state index contributed by atoms with van der Waals surface area (Å²) in [5.41, 5.74) is 1.52. The SMILES string of the molecule is CCOC(=O)Oc1ccc(C(=O)Nc2ccc(NC(=O)COCCOC)cc2)cc1. The molecule has 0 saturated heterocycles. The summed E-state index contributed by atoms with van der Waals surface area (Å²) < 4.78 is 19.6. The topological polar surface area (TPSA) is 112 Å². The molecule has 2 aromatic carbocycles. The molecule has 0 aliphatic heterocycles. The Morgan fingerprint density at radius 1 is 0.867 bits per heavy atom. The van der Waals surface area contributed by atoms with E-state index in [1.165, 1.54) is 24.3 Å². The fourth-order valence-electron chi connectivity index (χ4n) is 2.26. The average Bonchev–Trinajstić information content (AvgIpc) is 2.73. The summed E-state index contributed by atoms with van der Waals surface area (Å²) in [6, 6.07) is 12.7. The van der Waals surface area contributed by atoms with Gasteiger partial charge >= 0.3 is 6.16 Å². The summed E-state index contributed by atoms with van der Waals surface area (Å²) in [5.74, 6) is -0.342. The van der Waals surface area contributed by atoms with Crippen molar-refractivity contribution in [1.82, 2.24) is 0 Å². The van der Waals surface area contributed by atoms with Gasteiger partial charge in [0, 0.05) is 24.0 Å². The molecular weight excluding hydrogens is 392 g/mol. The summed E-state index contributed by atoms with van der Waals surface area (Å²) in [7, 11) is 1.55. The third-order valence-corrected chi connectivity index (χ3v) is 3.67. The van der Waals surface area contributed by atoms with Crippen molar-refractivity contribution < 1.29 is 33.3 Å². The Labute approximate surface area is 174 Å². The fraction of sp³-hybridized carbons (Fsp3) is 0.286. The molecule has 0 fully saturated rings. The molecule has 2 rings (SSSR count).